The molecule has 0 aliphatic rings. The first-order valence-electron chi connectivity index (χ1n) is 7.58. The normalized spacial score (nSPS) is 10.8. The molecule has 7 heteroatoms. The zero-order valence-electron chi connectivity index (χ0n) is 13.0. The third kappa shape index (κ3) is 4.62. The molecule has 0 spiro atoms. The third-order valence-corrected chi connectivity index (χ3v) is 4.20. The van der Waals surface area contributed by atoms with E-state index in [1.807, 2.05) is 6.07 Å². The van der Waals surface area contributed by atoms with E-state index in [0.717, 1.165) is 42.5 Å². The van der Waals surface area contributed by atoms with Gasteiger partial charge in [0.1, 0.15) is 11.6 Å². The van der Waals surface area contributed by atoms with E-state index in [1.165, 1.54) is 11.8 Å². The van der Waals surface area contributed by atoms with Crippen molar-refractivity contribution in [1.29, 1.82) is 0 Å². The molecule has 120 valence electrons. The summed E-state index contributed by atoms with van der Waals surface area (Å²) >= 11 is 1.42. The van der Waals surface area contributed by atoms with E-state index in [9.17, 15) is 4.79 Å². The Morgan fingerprint density at radius 1 is 1.41 bits per heavy atom. The summed E-state index contributed by atoms with van der Waals surface area (Å²) in [5.74, 6) is 2.04. The lowest BCUT2D eigenvalue weighted by atomic mass is 10.2. The van der Waals surface area contributed by atoms with Gasteiger partial charge in [-0.05, 0) is 25.5 Å². The SMILES string of the molecule is CCCCc1nnc(SCC(=O)NCc2ccco2)n1CC. The molecule has 2 heterocycles. The van der Waals surface area contributed by atoms with Crippen molar-refractivity contribution < 1.29 is 9.21 Å². The molecule has 0 atom stereocenters. The maximum Gasteiger partial charge on any atom is 0.230 e. The summed E-state index contributed by atoms with van der Waals surface area (Å²) in [6.07, 6.45) is 4.76. The van der Waals surface area contributed by atoms with Crippen LogP contribution in [0.1, 0.15) is 38.3 Å². The van der Waals surface area contributed by atoms with Crippen molar-refractivity contribution >= 4 is 17.7 Å². The van der Waals surface area contributed by atoms with E-state index in [-0.39, 0.29) is 5.91 Å². The summed E-state index contributed by atoms with van der Waals surface area (Å²) in [5, 5.41) is 12.1. The van der Waals surface area contributed by atoms with Gasteiger partial charge in [-0.2, -0.15) is 0 Å². The highest BCUT2D eigenvalue weighted by atomic mass is 32.2. The number of aromatic nitrogens is 3. The Balaban J connectivity index is 1.82. The summed E-state index contributed by atoms with van der Waals surface area (Å²) in [4.78, 5) is 11.9. The van der Waals surface area contributed by atoms with E-state index >= 15 is 0 Å². The fourth-order valence-electron chi connectivity index (χ4n) is 2.04. The van der Waals surface area contributed by atoms with Gasteiger partial charge in [0.2, 0.25) is 5.91 Å². The maximum atomic E-state index is 11.9. The van der Waals surface area contributed by atoms with Gasteiger partial charge in [-0.15, -0.1) is 10.2 Å². The smallest absolute Gasteiger partial charge is 0.230 e. The van der Waals surface area contributed by atoms with E-state index in [4.69, 9.17) is 4.42 Å². The predicted octanol–water partition coefficient (Wildman–Crippen LogP) is 2.64. The molecule has 0 unspecified atom stereocenters. The molecule has 0 bridgehead atoms. The Labute approximate surface area is 134 Å². The zero-order valence-corrected chi connectivity index (χ0v) is 13.9. The van der Waals surface area contributed by atoms with Crippen molar-refractivity contribution in [2.24, 2.45) is 0 Å². The number of rotatable bonds is 9. The number of hydrogen-bond acceptors (Lipinski definition) is 5. The number of aryl methyl sites for hydroxylation is 1. The summed E-state index contributed by atoms with van der Waals surface area (Å²) in [7, 11) is 0. The molecule has 2 rings (SSSR count). The van der Waals surface area contributed by atoms with Gasteiger partial charge in [0.15, 0.2) is 5.16 Å². The van der Waals surface area contributed by atoms with Crippen LogP contribution in [0.3, 0.4) is 0 Å². The fourth-order valence-corrected chi connectivity index (χ4v) is 2.89. The molecule has 2 aromatic heterocycles. The average Bonchev–Trinajstić information content (AvgIpc) is 3.17. The van der Waals surface area contributed by atoms with Crippen LogP contribution in [-0.4, -0.2) is 26.4 Å². The number of nitrogens with zero attached hydrogens (tertiary/aromatic N) is 3. The number of furan rings is 1. The van der Waals surface area contributed by atoms with Gasteiger partial charge in [-0.3, -0.25) is 4.79 Å². The van der Waals surface area contributed by atoms with Crippen molar-refractivity contribution in [3.63, 3.8) is 0 Å². The molecule has 1 N–H and O–H groups in total. The molecule has 0 aliphatic carbocycles. The molecule has 6 nitrogen and oxygen atoms in total. The number of amides is 1. The average molecular weight is 322 g/mol. The molecular weight excluding hydrogens is 300 g/mol. The Kier molecular flexibility index (Phi) is 6.51. The van der Waals surface area contributed by atoms with Gasteiger partial charge in [-0.1, -0.05) is 25.1 Å². The second kappa shape index (κ2) is 8.63. The molecule has 2 aromatic rings. The van der Waals surface area contributed by atoms with Gasteiger partial charge in [0.05, 0.1) is 18.6 Å². The molecule has 22 heavy (non-hydrogen) atoms. The Bertz CT molecular complexity index is 580. The lowest BCUT2D eigenvalue weighted by Gasteiger charge is -2.07. The zero-order chi connectivity index (χ0) is 15.8. The molecule has 0 aliphatic heterocycles. The highest BCUT2D eigenvalue weighted by molar-refractivity contribution is 7.99. The number of thioether (sulfide) groups is 1. The molecule has 0 aromatic carbocycles. The van der Waals surface area contributed by atoms with E-state index in [2.05, 4.69) is 33.9 Å². The molecule has 0 saturated heterocycles. The van der Waals surface area contributed by atoms with E-state index < -0.39 is 0 Å². The van der Waals surface area contributed by atoms with Crippen LogP contribution >= 0.6 is 11.8 Å². The number of carbonyl (C=O) groups excluding carboxylic acids is 1. The van der Waals surface area contributed by atoms with Crippen LogP contribution in [-0.2, 0) is 24.3 Å². The van der Waals surface area contributed by atoms with Crippen LogP contribution in [0.2, 0.25) is 0 Å². The van der Waals surface area contributed by atoms with Crippen molar-refractivity contribution in [2.45, 2.75) is 51.4 Å². The maximum absolute atomic E-state index is 11.9. The van der Waals surface area contributed by atoms with Crippen LogP contribution in [0.25, 0.3) is 0 Å². The van der Waals surface area contributed by atoms with Gasteiger partial charge >= 0.3 is 0 Å². The third-order valence-electron chi connectivity index (χ3n) is 3.24. The quantitative estimate of drug-likeness (QED) is 0.719. The molecule has 0 fully saturated rings. The first-order valence-corrected chi connectivity index (χ1v) is 8.57. The minimum atomic E-state index is -0.0397. The van der Waals surface area contributed by atoms with Crippen molar-refractivity contribution in [3.05, 3.63) is 30.0 Å². The molecule has 0 radical (unpaired) electrons. The lowest BCUT2D eigenvalue weighted by Crippen LogP contribution is -2.24. The number of nitrogens with one attached hydrogen (secondary N) is 1. The van der Waals surface area contributed by atoms with Gasteiger partial charge in [-0.25, -0.2) is 0 Å². The fraction of sp³-hybridized carbons (Fsp3) is 0.533. The largest absolute Gasteiger partial charge is 0.467 e. The van der Waals surface area contributed by atoms with Crippen molar-refractivity contribution in [3.8, 4) is 0 Å². The van der Waals surface area contributed by atoms with Crippen LogP contribution < -0.4 is 5.32 Å². The van der Waals surface area contributed by atoms with Gasteiger partial charge in [0.25, 0.3) is 0 Å². The molecule has 0 saturated carbocycles. The summed E-state index contributed by atoms with van der Waals surface area (Å²) in [6.45, 7) is 5.46. The van der Waals surface area contributed by atoms with Crippen LogP contribution in [0.4, 0.5) is 0 Å². The minimum Gasteiger partial charge on any atom is -0.467 e. The second-order valence-corrected chi connectivity index (χ2v) is 5.83. The highest BCUT2D eigenvalue weighted by Gasteiger charge is 2.12. The van der Waals surface area contributed by atoms with E-state index in [1.54, 1.807) is 12.3 Å². The van der Waals surface area contributed by atoms with Gasteiger partial charge in [0, 0.05) is 13.0 Å². The first kappa shape index (κ1) is 16.6. The van der Waals surface area contributed by atoms with Crippen LogP contribution in [0.5, 0.6) is 0 Å². The van der Waals surface area contributed by atoms with Crippen LogP contribution in [0.15, 0.2) is 28.0 Å². The van der Waals surface area contributed by atoms with Crippen molar-refractivity contribution in [1.82, 2.24) is 20.1 Å². The monoisotopic (exact) mass is 322 g/mol. The topological polar surface area (TPSA) is 73.0 Å². The summed E-state index contributed by atoms with van der Waals surface area (Å²) < 4.78 is 7.26. The Morgan fingerprint density at radius 3 is 2.95 bits per heavy atom. The molecular formula is C15H22N4O2S. The first-order chi connectivity index (χ1) is 10.7. The number of carbonyl (C=O) groups is 1. The van der Waals surface area contributed by atoms with E-state index in [0.29, 0.717) is 12.3 Å². The standard InChI is InChI=1S/C15H22N4O2S/c1-3-5-8-13-17-18-15(19(13)4-2)22-11-14(20)16-10-12-7-6-9-21-12/h6-7,9H,3-5,8,10-11H2,1-2H3,(H,16,20). The number of hydrogen-bond donors (Lipinski definition) is 1. The van der Waals surface area contributed by atoms with Crippen molar-refractivity contribution in [2.75, 3.05) is 5.75 Å². The summed E-state index contributed by atoms with van der Waals surface area (Å²) in [5.41, 5.74) is 0. The second-order valence-electron chi connectivity index (χ2n) is 4.89. The van der Waals surface area contributed by atoms with Crippen LogP contribution in [0, 0.1) is 0 Å². The summed E-state index contributed by atoms with van der Waals surface area (Å²) in [6, 6.07) is 3.64. The Hall–Kier alpha value is -1.76. The molecule has 1 amide bonds. The predicted molar refractivity (Wildman–Crippen MR) is 85.6 cm³/mol. The number of unbranched alkanes of at least 4 members (excludes halogenated alkanes) is 1. The lowest BCUT2D eigenvalue weighted by molar-refractivity contribution is -0.118. The minimum absolute atomic E-state index is 0.0397. The highest BCUT2D eigenvalue weighted by Crippen LogP contribution is 2.17. The Morgan fingerprint density at radius 2 is 2.27 bits per heavy atom. The van der Waals surface area contributed by atoms with Gasteiger partial charge < -0.3 is 14.3 Å².